The van der Waals surface area contributed by atoms with Crippen molar-refractivity contribution in [1.29, 1.82) is 5.26 Å². The van der Waals surface area contributed by atoms with E-state index in [0.29, 0.717) is 23.0 Å². The van der Waals surface area contributed by atoms with Gasteiger partial charge in [0.15, 0.2) is 0 Å². The van der Waals surface area contributed by atoms with Crippen LogP contribution >= 0.6 is 11.3 Å². The number of thiazole rings is 1. The van der Waals surface area contributed by atoms with E-state index < -0.39 is 5.91 Å². The Labute approximate surface area is 149 Å². The number of nitrogens with one attached hydrogen (secondary N) is 2. The summed E-state index contributed by atoms with van der Waals surface area (Å²) >= 11 is 1.56. The zero-order chi connectivity index (χ0) is 17.8. The van der Waals surface area contributed by atoms with E-state index in [1.54, 1.807) is 35.6 Å². The third kappa shape index (κ3) is 4.52. The molecule has 1 heterocycles. The van der Waals surface area contributed by atoms with Gasteiger partial charge in [0.2, 0.25) is 5.91 Å². The Hall–Kier alpha value is -2.98. The number of nitriles is 1. The molecule has 6 nitrogen and oxygen atoms in total. The summed E-state index contributed by atoms with van der Waals surface area (Å²) in [4.78, 5) is 27.7. The van der Waals surface area contributed by atoms with E-state index in [2.05, 4.69) is 15.6 Å². The Morgan fingerprint density at radius 2 is 1.88 bits per heavy atom. The lowest BCUT2D eigenvalue weighted by Gasteiger charge is -2.06. The fraction of sp³-hybridized carbons (Fsp3) is 0.222. The maximum absolute atomic E-state index is 12.3. The van der Waals surface area contributed by atoms with Crippen molar-refractivity contribution in [3.05, 3.63) is 45.9 Å². The van der Waals surface area contributed by atoms with Gasteiger partial charge in [-0.2, -0.15) is 5.26 Å². The molecule has 0 unspecified atom stereocenters. The molecule has 2 N–H and O–H groups in total. The zero-order valence-electron chi connectivity index (χ0n) is 13.6. The normalized spacial score (nSPS) is 13.8. The second kappa shape index (κ2) is 7.28. The first-order valence-corrected chi connectivity index (χ1v) is 8.69. The number of carbonyl (C=O) groups excluding carboxylic acids is 2. The highest BCUT2D eigenvalue weighted by atomic mass is 32.1. The van der Waals surface area contributed by atoms with E-state index in [4.69, 9.17) is 0 Å². The number of amides is 2. The summed E-state index contributed by atoms with van der Waals surface area (Å²) in [6, 6.07) is 8.59. The number of benzene rings is 1. The Bertz CT molecular complexity index is 873. The molecule has 3 rings (SSSR count). The molecule has 25 heavy (non-hydrogen) atoms. The molecule has 0 spiro atoms. The smallest absolute Gasteiger partial charge is 0.266 e. The van der Waals surface area contributed by atoms with Crippen LogP contribution in [0.5, 0.6) is 0 Å². The maximum atomic E-state index is 12.3. The first kappa shape index (κ1) is 16.9. The van der Waals surface area contributed by atoms with Crippen LogP contribution in [0, 0.1) is 11.3 Å². The minimum atomic E-state index is -0.490. The summed E-state index contributed by atoms with van der Waals surface area (Å²) in [5, 5.41) is 17.5. The molecule has 1 aromatic heterocycles. The van der Waals surface area contributed by atoms with Crippen LogP contribution in [-0.2, 0) is 9.59 Å². The van der Waals surface area contributed by atoms with E-state index >= 15 is 0 Å². The third-order valence-electron chi connectivity index (χ3n) is 3.59. The van der Waals surface area contributed by atoms with Crippen molar-refractivity contribution in [2.75, 3.05) is 10.6 Å². The van der Waals surface area contributed by atoms with Gasteiger partial charge in [0.25, 0.3) is 5.91 Å². The minimum absolute atomic E-state index is 0.00131. The molecule has 1 aliphatic rings. The van der Waals surface area contributed by atoms with E-state index in [1.807, 2.05) is 11.4 Å². The fourth-order valence-corrected chi connectivity index (χ4v) is 3.17. The quantitative estimate of drug-likeness (QED) is 0.636. The molecule has 0 radical (unpaired) electrons. The van der Waals surface area contributed by atoms with Crippen molar-refractivity contribution >= 4 is 40.6 Å². The van der Waals surface area contributed by atoms with Gasteiger partial charge in [0.05, 0.1) is 10.7 Å². The molecule has 0 saturated heterocycles. The number of rotatable bonds is 5. The Kier molecular flexibility index (Phi) is 4.91. The van der Waals surface area contributed by atoms with E-state index in [9.17, 15) is 14.9 Å². The summed E-state index contributed by atoms with van der Waals surface area (Å²) in [6.07, 6.45) is 3.83. The number of carbonyl (C=O) groups is 2. The molecule has 1 fully saturated rings. The molecule has 1 aromatic carbocycles. The SMILES string of the molecule is CC(=O)Nc1ccc(NC(=O)C(C#N)=Cc2csc(C3CC3)n2)cc1. The molecular formula is C18H16N4O2S. The standard InChI is InChI=1S/C18H16N4O2S/c1-11(23)20-14-4-6-15(7-5-14)21-17(24)13(9-19)8-16-10-25-18(22-16)12-2-3-12/h4-8,10,12H,2-3H2,1H3,(H,20,23)(H,21,24). The lowest BCUT2D eigenvalue weighted by Crippen LogP contribution is -2.13. The zero-order valence-corrected chi connectivity index (χ0v) is 14.4. The topological polar surface area (TPSA) is 94.9 Å². The van der Waals surface area contributed by atoms with Crippen molar-refractivity contribution in [1.82, 2.24) is 4.98 Å². The second-order valence-corrected chi connectivity index (χ2v) is 6.66. The monoisotopic (exact) mass is 352 g/mol. The number of anilines is 2. The van der Waals surface area contributed by atoms with Crippen LogP contribution < -0.4 is 10.6 Å². The Balaban J connectivity index is 1.68. The number of nitrogens with zero attached hydrogens (tertiary/aromatic N) is 2. The highest BCUT2D eigenvalue weighted by Crippen LogP contribution is 2.41. The van der Waals surface area contributed by atoms with E-state index in [1.165, 1.54) is 13.0 Å². The predicted octanol–water partition coefficient (Wildman–Crippen LogP) is 3.52. The van der Waals surface area contributed by atoms with Gasteiger partial charge in [0.1, 0.15) is 11.6 Å². The lowest BCUT2D eigenvalue weighted by molar-refractivity contribution is -0.114. The summed E-state index contributed by atoms with van der Waals surface area (Å²) < 4.78 is 0. The average Bonchev–Trinajstić information content (AvgIpc) is 3.33. The molecular weight excluding hydrogens is 336 g/mol. The van der Waals surface area contributed by atoms with Crippen LogP contribution in [0.15, 0.2) is 35.2 Å². The summed E-state index contributed by atoms with van der Waals surface area (Å²) in [5.74, 6) is -0.107. The van der Waals surface area contributed by atoms with Gasteiger partial charge >= 0.3 is 0 Å². The Morgan fingerprint density at radius 3 is 2.44 bits per heavy atom. The van der Waals surface area contributed by atoms with Crippen molar-refractivity contribution < 1.29 is 9.59 Å². The fourth-order valence-electron chi connectivity index (χ4n) is 2.22. The molecule has 7 heteroatoms. The Morgan fingerprint density at radius 1 is 1.24 bits per heavy atom. The predicted molar refractivity (Wildman–Crippen MR) is 97.1 cm³/mol. The van der Waals surface area contributed by atoms with E-state index in [-0.39, 0.29) is 11.5 Å². The summed E-state index contributed by atoms with van der Waals surface area (Å²) in [7, 11) is 0. The average molecular weight is 352 g/mol. The van der Waals surface area contributed by atoms with Crippen LogP contribution in [0.1, 0.15) is 36.4 Å². The molecule has 1 aliphatic carbocycles. The number of aromatic nitrogens is 1. The molecule has 0 aliphatic heterocycles. The molecule has 1 saturated carbocycles. The van der Waals surface area contributed by atoms with Crippen LogP contribution in [-0.4, -0.2) is 16.8 Å². The second-order valence-electron chi connectivity index (χ2n) is 5.77. The molecule has 0 atom stereocenters. The van der Waals surface area contributed by atoms with Gasteiger partial charge in [-0.1, -0.05) is 0 Å². The number of hydrogen-bond donors (Lipinski definition) is 2. The first-order chi connectivity index (χ1) is 12.0. The summed E-state index contributed by atoms with van der Waals surface area (Å²) in [6.45, 7) is 1.42. The number of hydrogen-bond acceptors (Lipinski definition) is 5. The van der Waals surface area contributed by atoms with Gasteiger partial charge in [-0.3, -0.25) is 9.59 Å². The first-order valence-electron chi connectivity index (χ1n) is 7.81. The summed E-state index contributed by atoms with van der Waals surface area (Å²) in [5.41, 5.74) is 1.81. The highest BCUT2D eigenvalue weighted by Gasteiger charge is 2.26. The van der Waals surface area contributed by atoms with E-state index in [0.717, 1.165) is 17.8 Å². The van der Waals surface area contributed by atoms with Crippen molar-refractivity contribution in [3.63, 3.8) is 0 Å². The van der Waals surface area contributed by atoms with Gasteiger partial charge < -0.3 is 10.6 Å². The van der Waals surface area contributed by atoms with Crippen molar-refractivity contribution in [2.45, 2.75) is 25.7 Å². The van der Waals surface area contributed by atoms with Crippen molar-refractivity contribution in [2.24, 2.45) is 0 Å². The van der Waals surface area contributed by atoms with Gasteiger partial charge in [0, 0.05) is 29.6 Å². The van der Waals surface area contributed by atoms with Crippen LogP contribution in [0.25, 0.3) is 6.08 Å². The highest BCUT2D eigenvalue weighted by molar-refractivity contribution is 7.09. The van der Waals surface area contributed by atoms with Crippen molar-refractivity contribution in [3.8, 4) is 6.07 Å². The van der Waals surface area contributed by atoms with Gasteiger partial charge in [-0.25, -0.2) is 4.98 Å². The third-order valence-corrected chi connectivity index (χ3v) is 4.61. The molecule has 2 aromatic rings. The largest absolute Gasteiger partial charge is 0.326 e. The van der Waals surface area contributed by atoms with Crippen LogP contribution in [0.4, 0.5) is 11.4 Å². The molecule has 0 bridgehead atoms. The molecule has 2 amide bonds. The van der Waals surface area contributed by atoms with Crippen LogP contribution in [0.3, 0.4) is 0 Å². The molecule has 126 valence electrons. The van der Waals surface area contributed by atoms with Crippen LogP contribution in [0.2, 0.25) is 0 Å². The van der Waals surface area contributed by atoms with Gasteiger partial charge in [-0.15, -0.1) is 11.3 Å². The minimum Gasteiger partial charge on any atom is -0.326 e. The van der Waals surface area contributed by atoms with Gasteiger partial charge in [-0.05, 0) is 43.2 Å². The maximum Gasteiger partial charge on any atom is 0.266 e. The lowest BCUT2D eigenvalue weighted by atomic mass is 10.2.